The number of rotatable bonds is 12. The average molecular weight is 896 g/mol. The average Bonchev–Trinajstić information content (AvgIpc) is 3.91. The van der Waals surface area contributed by atoms with E-state index < -0.39 is 0 Å². The van der Waals surface area contributed by atoms with Gasteiger partial charge in [-0.05, 0) is 141 Å². The Hall–Kier alpha value is -8.53. The lowest BCUT2D eigenvalue weighted by molar-refractivity contribution is 1.04. The number of para-hydroxylation sites is 1. The molecule has 3 nitrogen and oxygen atoms in total. The maximum Gasteiger partial charge on any atom is 0.0716 e. The Morgan fingerprint density at radius 1 is 0.464 bits per heavy atom. The lowest BCUT2D eigenvalue weighted by Gasteiger charge is -2.14. The molecule has 0 fully saturated rings. The zero-order chi connectivity index (χ0) is 48.5. The summed E-state index contributed by atoms with van der Waals surface area (Å²) < 4.78 is 4.60. The van der Waals surface area contributed by atoms with Crippen molar-refractivity contribution in [2.45, 2.75) is 34.6 Å². The molecule has 0 radical (unpaired) electrons. The van der Waals surface area contributed by atoms with Crippen LogP contribution in [0, 0.1) is 6.92 Å². The molecule has 9 aromatic rings. The zero-order valence-corrected chi connectivity index (χ0v) is 40.6. The number of allylic oxidation sites excluding steroid dienone is 8. The van der Waals surface area contributed by atoms with Gasteiger partial charge in [-0.15, -0.1) is 0 Å². The minimum Gasteiger partial charge on any atom is -0.310 e. The van der Waals surface area contributed by atoms with Crippen LogP contribution in [0.2, 0.25) is 0 Å². The van der Waals surface area contributed by atoms with Gasteiger partial charge in [0.05, 0.1) is 28.1 Å². The highest BCUT2D eigenvalue weighted by molar-refractivity contribution is 5.99. The summed E-state index contributed by atoms with van der Waals surface area (Å²) in [6.07, 6.45) is 26.2. The molecule has 0 saturated carbocycles. The van der Waals surface area contributed by atoms with Crippen LogP contribution in [-0.4, -0.2) is 14.1 Å². The van der Waals surface area contributed by atoms with Crippen LogP contribution in [0.1, 0.15) is 61.5 Å². The molecule has 0 N–H and O–H groups in total. The van der Waals surface area contributed by atoms with Crippen LogP contribution < -0.4 is 0 Å². The van der Waals surface area contributed by atoms with Gasteiger partial charge in [0, 0.05) is 39.0 Å². The van der Waals surface area contributed by atoms with E-state index in [2.05, 4.69) is 230 Å². The summed E-state index contributed by atoms with van der Waals surface area (Å²) in [4.78, 5) is 5.09. The third-order valence-corrected chi connectivity index (χ3v) is 11.7. The summed E-state index contributed by atoms with van der Waals surface area (Å²) in [6.45, 7) is 21.7. The van der Waals surface area contributed by atoms with Crippen LogP contribution in [0.4, 0.5) is 0 Å². The van der Waals surface area contributed by atoms with Crippen molar-refractivity contribution in [1.82, 2.24) is 14.1 Å². The fourth-order valence-electron chi connectivity index (χ4n) is 8.58. The molecule has 0 aliphatic heterocycles. The van der Waals surface area contributed by atoms with E-state index >= 15 is 0 Å². The quantitative estimate of drug-likeness (QED) is 0.112. The molecule has 0 unspecified atom stereocenters. The van der Waals surface area contributed by atoms with Crippen molar-refractivity contribution in [1.29, 1.82) is 0 Å². The number of pyridine rings is 1. The van der Waals surface area contributed by atoms with Crippen molar-refractivity contribution in [2.24, 2.45) is 0 Å². The second-order valence-electron chi connectivity index (χ2n) is 16.4. The predicted molar refractivity (Wildman–Crippen MR) is 304 cm³/mol. The van der Waals surface area contributed by atoms with Gasteiger partial charge in [0.1, 0.15) is 0 Å². The Kier molecular flexibility index (Phi) is 16.7. The van der Waals surface area contributed by atoms with E-state index in [1.807, 2.05) is 70.2 Å². The molecule has 3 heteroatoms. The minimum absolute atomic E-state index is 0.974. The Bertz CT molecular complexity index is 3360. The largest absolute Gasteiger partial charge is 0.310 e. The van der Waals surface area contributed by atoms with E-state index in [-0.39, 0.29) is 0 Å². The molecule has 0 atom stereocenters. The normalized spacial score (nSPS) is 11.4. The smallest absolute Gasteiger partial charge is 0.0716 e. The predicted octanol–water partition coefficient (Wildman–Crippen LogP) is 18.7. The monoisotopic (exact) mass is 895 g/mol. The molecule has 340 valence electrons. The number of nitrogens with zero attached hydrogens (tertiary/aromatic N) is 3. The Labute approximate surface area is 409 Å². The Balaban J connectivity index is 0.000000224. The molecular formula is C66H61N3. The lowest BCUT2D eigenvalue weighted by atomic mass is 9.95. The number of benzene rings is 6. The minimum atomic E-state index is 0.974. The molecule has 69 heavy (non-hydrogen) atoms. The summed E-state index contributed by atoms with van der Waals surface area (Å²) in [5, 5.41) is 2.37. The number of fused-ring (bicyclic) bond motifs is 2. The zero-order valence-electron chi connectivity index (χ0n) is 40.6. The first-order valence-electron chi connectivity index (χ1n) is 23.5. The molecule has 6 aromatic carbocycles. The summed E-state index contributed by atoms with van der Waals surface area (Å²) >= 11 is 0. The van der Waals surface area contributed by atoms with E-state index in [0.717, 1.165) is 55.9 Å². The molecular weight excluding hydrogens is 835 g/mol. The van der Waals surface area contributed by atoms with Gasteiger partial charge >= 0.3 is 0 Å². The van der Waals surface area contributed by atoms with Crippen molar-refractivity contribution < 1.29 is 0 Å². The molecule has 9 rings (SSSR count). The first-order valence-corrected chi connectivity index (χ1v) is 23.5. The highest BCUT2D eigenvalue weighted by atomic mass is 15.0. The molecule has 3 aromatic heterocycles. The van der Waals surface area contributed by atoms with Gasteiger partial charge in [-0.25, -0.2) is 4.98 Å². The lowest BCUT2D eigenvalue weighted by Crippen LogP contribution is -2.00. The van der Waals surface area contributed by atoms with E-state index in [1.165, 1.54) is 44.5 Å². The van der Waals surface area contributed by atoms with Crippen LogP contribution in [0.5, 0.6) is 0 Å². The first-order chi connectivity index (χ1) is 33.9. The molecule has 3 heterocycles. The second kappa shape index (κ2) is 23.8. The first kappa shape index (κ1) is 48.4. The summed E-state index contributed by atoms with van der Waals surface area (Å²) in [6, 6.07) is 57.8. The Morgan fingerprint density at radius 3 is 1.75 bits per heavy atom. The van der Waals surface area contributed by atoms with Crippen molar-refractivity contribution in [3.05, 3.63) is 266 Å². The highest BCUT2D eigenvalue weighted by Gasteiger charge is 2.16. The maximum absolute atomic E-state index is 5.09. The van der Waals surface area contributed by atoms with Crippen molar-refractivity contribution >= 4 is 52.2 Å². The number of hydrogen-bond donors (Lipinski definition) is 0. The van der Waals surface area contributed by atoms with Gasteiger partial charge in [-0.3, -0.25) is 0 Å². The van der Waals surface area contributed by atoms with Gasteiger partial charge in [0.2, 0.25) is 0 Å². The van der Waals surface area contributed by atoms with Gasteiger partial charge < -0.3 is 9.13 Å². The van der Waals surface area contributed by atoms with Crippen molar-refractivity contribution in [2.75, 3.05) is 0 Å². The van der Waals surface area contributed by atoms with Gasteiger partial charge in [-0.1, -0.05) is 190 Å². The highest BCUT2D eigenvalue weighted by Crippen LogP contribution is 2.36. The van der Waals surface area contributed by atoms with Crippen LogP contribution in [0.3, 0.4) is 0 Å². The van der Waals surface area contributed by atoms with Gasteiger partial charge in [-0.2, -0.15) is 0 Å². The maximum atomic E-state index is 5.09. The van der Waals surface area contributed by atoms with Crippen LogP contribution in [-0.2, 0) is 0 Å². The molecule has 0 spiro atoms. The molecule has 0 aliphatic rings. The van der Waals surface area contributed by atoms with E-state index in [9.17, 15) is 0 Å². The summed E-state index contributed by atoms with van der Waals surface area (Å²) in [5.74, 6) is 0. The standard InChI is InChI=1S/C41H34N2.C20H19N.C5H8/c1-4-7-10-22-35-26-30(6-3)41(16-5-2)43(35)36-23-15-21-33(27-36)34-24-25-39-38(28-34)37(31-17-11-8-12-18-31)29-40(42-39)32-19-13-9-14-20-32;1-4-9-19-17(5-2)18-12-6-7-13-20(18)21(19)16-11-8-10-15(3)14-16;1-3-5-4-2/h4-29H,3H2,1-2H3;4-14H,2H2,1,3H3;3-5H,1H2,2H3/b7-4-,16-5-,22-10-;9-4-;5-4-. The molecule has 0 aliphatic carbocycles. The third kappa shape index (κ3) is 11.2. The summed E-state index contributed by atoms with van der Waals surface area (Å²) in [5.41, 5.74) is 18.1. The number of hydrogen-bond acceptors (Lipinski definition) is 1. The number of aromatic nitrogens is 3. The van der Waals surface area contributed by atoms with Gasteiger partial charge in [0.25, 0.3) is 0 Å². The summed E-state index contributed by atoms with van der Waals surface area (Å²) in [7, 11) is 0. The van der Waals surface area contributed by atoms with E-state index in [4.69, 9.17) is 4.98 Å². The van der Waals surface area contributed by atoms with E-state index in [0.29, 0.717) is 0 Å². The fraction of sp³-hybridized carbons (Fsp3) is 0.0758. The van der Waals surface area contributed by atoms with Crippen molar-refractivity contribution in [3.63, 3.8) is 0 Å². The van der Waals surface area contributed by atoms with Crippen LogP contribution >= 0.6 is 0 Å². The molecule has 0 amide bonds. The number of aryl methyl sites for hydroxylation is 1. The van der Waals surface area contributed by atoms with Gasteiger partial charge in [0.15, 0.2) is 0 Å². The van der Waals surface area contributed by atoms with E-state index in [1.54, 1.807) is 6.08 Å². The van der Waals surface area contributed by atoms with Crippen molar-refractivity contribution in [3.8, 4) is 44.9 Å². The van der Waals surface area contributed by atoms with Crippen LogP contribution in [0.25, 0.3) is 97.1 Å². The second-order valence-corrected chi connectivity index (χ2v) is 16.4. The molecule has 0 bridgehead atoms. The SMILES string of the molecule is C=C/C=C\C.C=Cc1c(/C=C\C)n(-c2cccc(C)c2)c2ccccc12.C=Cc1cc(/C=C\C=C/C)n(-c2cccc(-c3ccc4nc(-c5ccccc5)cc(-c5ccccc5)c4c3)c2)c1/C=C\C. The molecule has 0 saturated heterocycles. The topological polar surface area (TPSA) is 22.8 Å². The van der Waals surface area contributed by atoms with Crippen LogP contribution in [0.15, 0.2) is 232 Å². The fourth-order valence-corrected chi connectivity index (χ4v) is 8.58. The third-order valence-electron chi connectivity index (χ3n) is 11.7. The Morgan fingerprint density at radius 2 is 1.10 bits per heavy atom.